The molecule has 15 heavy (non-hydrogen) atoms. The Labute approximate surface area is 86.3 Å². The van der Waals surface area contributed by atoms with Crippen LogP contribution in [0.15, 0.2) is 30.6 Å². The molecule has 0 unspecified atom stereocenters. The Morgan fingerprint density at radius 2 is 2.40 bits per heavy atom. The van der Waals surface area contributed by atoms with Gasteiger partial charge in [0, 0.05) is 12.7 Å². The van der Waals surface area contributed by atoms with Crippen LogP contribution in [0.1, 0.15) is 5.56 Å². The highest BCUT2D eigenvalue weighted by molar-refractivity contribution is 5.64. The molecular weight excluding hydrogens is 194 g/mol. The van der Waals surface area contributed by atoms with Gasteiger partial charge in [0.2, 0.25) is 0 Å². The van der Waals surface area contributed by atoms with Crippen molar-refractivity contribution in [2.75, 3.05) is 6.54 Å². The zero-order valence-electron chi connectivity index (χ0n) is 8.05. The highest BCUT2D eigenvalue weighted by Crippen LogP contribution is 2.09. The predicted octanol–water partition coefficient (Wildman–Crippen LogP) is 1.14. The number of fused-ring (bicyclic) bond motifs is 1. The lowest BCUT2D eigenvalue weighted by molar-refractivity contribution is 0.194. The number of carbonyl (C=O) groups is 1. The number of rotatable bonds is 3. The number of aromatic nitrogens is 2. The number of nitrogens with one attached hydrogen (secondary N) is 1. The van der Waals surface area contributed by atoms with Crippen LogP contribution in [0.2, 0.25) is 0 Å². The third kappa shape index (κ3) is 2.07. The van der Waals surface area contributed by atoms with Crippen LogP contribution in [0.25, 0.3) is 5.52 Å². The van der Waals surface area contributed by atoms with E-state index in [9.17, 15) is 4.79 Å². The molecule has 0 saturated carbocycles. The molecule has 0 aliphatic rings. The van der Waals surface area contributed by atoms with Gasteiger partial charge in [0.1, 0.15) is 0 Å². The zero-order valence-corrected chi connectivity index (χ0v) is 8.05. The second-order valence-corrected chi connectivity index (χ2v) is 3.18. The first-order chi connectivity index (χ1) is 7.27. The molecule has 0 radical (unpaired) electrons. The summed E-state index contributed by atoms with van der Waals surface area (Å²) in [5, 5.41) is 14.9. The predicted molar refractivity (Wildman–Crippen MR) is 54.9 cm³/mol. The summed E-state index contributed by atoms with van der Waals surface area (Å²) in [6.45, 7) is 0.408. The van der Waals surface area contributed by atoms with Crippen LogP contribution in [-0.4, -0.2) is 27.4 Å². The average Bonchev–Trinajstić information content (AvgIpc) is 2.62. The van der Waals surface area contributed by atoms with Crippen molar-refractivity contribution < 1.29 is 9.90 Å². The molecule has 0 aromatic carbocycles. The lowest BCUT2D eigenvalue weighted by Gasteiger charge is -1.99. The molecule has 78 valence electrons. The maximum atomic E-state index is 10.3. The van der Waals surface area contributed by atoms with Gasteiger partial charge >= 0.3 is 6.09 Å². The average molecular weight is 205 g/mol. The lowest BCUT2D eigenvalue weighted by Crippen LogP contribution is -2.23. The van der Waals surface area contributed by atoms with Crippen LogP contribution in [0.5, 0.6) is 0 Å². The number of carboxylic acid groups (broad SMARTS) is 1. The Hall–Kier alpha value is -2.04. The Morgan fingerprint density at radius 1 is 1.53 bits per heavy atom. The summed E-state index contributed by atoms with van der Waals surface area (Å²) < 4.78 is 1.77. The molecule has 0 bridgehead atoms. The van der Waals surface area contributed by atoms with Gasteiger partial charge in [-0.25, -0.2) is 9.31 Å². The van der Waals surface area contributed by atoms with Crippen LogP contribution < -0.4 is 5.32 Å². The fraction of sp³-hybridized carbons (Fsp3) is 0.200. The van der Waals surface area contributed by atoms with Gasteiger partial charge in [0.25, 0.3) is 0 Å². The quantitative estimate of drug-likeness (QED) is 0.789. The molecule has 2 N–H and O–H groups in total. The van der Waals surface area contributed by atoms with Gasteiger partial charge in [-0.3, -0.25) is 0 Å². The van der Waals surface area contributed by atoms with Crippen molar-refractivity contribution in [2.45, 2.75) is 6.42 Å². The molecule has 2 rings (SSSR count). The third-order valence-corrected chi connectivity index (χ3v) is 2.18. The van der Waals surface area contributed by atoms with Gasteiger partial charge in [-0.15, -0.1) is 0 Å². The number of nitrogens with zero attached hydrogens (tertiary/aromatic N) is 2. The maximum absolute atomic E-state index is 10.3. The maximum Gasteiger partial charge on any atom is 0.404 e. The third-order valence-electron chi connectivity index (χ3n) is 2.18. The molecule has 0 spiro atoms. The van der Waals surface area contributed by atoms with E-state index in [4.69, 9.17) is 5.11 Å². The minimum Gasteiger partial charge on any atom is -0.465 e. The minimum atomic E-state index is -0.994. The molecule has 0 aliphatic heterocycles. The highest BCUT2D eigenvalue weighted by atomic mass is 16.4. The van der Waals surface area contributed by atoms with Crippen LogP contribution in [-0.2, 0) is 6.42 Å². The zero-order chi connectivity index (χ0) is 10.7. The van der Waals surface area contributed by atoms with E-state index in [1.165, 1.54) is 0 Å². The van der Waals surface area contributed by atoms with Crippen molar-refractivity contribution in [1.29, 1.82) is 0 Å². The molecule has 0 saturated heterocycles. The van der Waals surface area contributed by atoms with Crippen molar-refractivity contribution in [3.05, 3.63) is 36.2 Å². The molecule has 0 aliphatic carbocycles. The molecule has 2 aromatic rings. The molecule has 2 aromatic heterocycles. The van der Waals surface area contributed by atoms with E-state index in [2.05, 4.69) is 10.4 Å². The first kappa shape index (κ1) is 9.51. The van der Waals surface area contributed by atoms with Gasteiger partial charge in [0.15, 0.2) is 0 Å². The van der Waals surface area contributed by atoms with Gasteiger partial charge in [-0.2, -0.15) is 5.10 Å². The Bertz CT molecular complexity index is 478. The number of hydrogen-bond donors (Lipinski definition) is 2. The molecule has 0 fully saturated rings. The fourth-order valence-corrected chi connectivity index (χ4v) is 1.48. The highest BCUT2D eigenvalue weighted by Gasteiger charge is 2.03. The summed E-state index contributed by atoms with van der Waals surface area (Å²) in [4.78, 5) is 10.3. The number of hydrogen-bond acceptors (Lipinski definition) is 2. The van der Waals surface area contributed by atoms with Gasteiger partial charge in [-0.1, -0.05) is 6.07 Å². The van der Waals surface area contributed by atoms with Crippen molar-refractivity contribution in [3.63, 3.8) is 0 Å². The SMILES string of the molecule is O=C(O)NCCc1cnn2ccccc12. The van der Waals surface area contributed by atoms with Crippen molar-refractivity contribution in [1.82, 2.24) is 14.9 Å². The molecule has 5 nitrogen and oxygen atoms in total. The Balaban J connectivity index is 2.11. The van der Waals surface area contributed by atoms with E-state index in [-0.39, 0.29) is 0 Å². The second-order valence-electron chi connectivity index (χ2n) is 3.18. The van der Waals surface area contributed by atoms with E-state index >= 15 is 0 Å². The number of amides is 1. The largest absolute Gasteiger partial charge is 0.465 e. The number of pyridine rings is 1. The van der Waals surface area contributed by atoms with Gasteiger partial charge < -0.3 is 10.4 Å². The van der Waals surface area contributed by atoms with Crippen molar-refractivity contribution in [2.24, 2.45) is 0 Å². The van der Waals surface area contributed by atoms with E-state index in [1.807, 2.05) is 24.4 Å². The first-order valence-electron chi connectivity index (χ1n) is 4.65. The second kappa shape index (κ2) is 4.00. The summed E-state index contributed by atoms with van der Waals surface area (Å²) in [6.07, 6.45) is 3.29. The molecule has 0 atom stereocenters. The van der Waals surface area contributed by atoms with Crippen LogP contribution in [0, 0.1) is 0 Å². The van der Waals surface area contributed by atoms with Crippen molar-refractivity contribution in [3.8, 4) is 0 Å². The molecular formula is C10H11N3O2. The monoisotopic (exact) mass is 205 g/mol. The Kier molecular flexibility index (Phi) is 2.53. The summed E-state index contributed by atoms with van der Waals surface area (Å²) in [6, 6.07) is 5.80. The van der Waals surface area contributed by atoms with Crippen LogP contribution >= 0.6 is 0 Å². The van der Waals surface area contributed by atoms with Crippen molar-refractivity contribution >= 4 is 11.6 Å². The fourth-order valence-electron chi connectivity index (χ4n) is 1.48. The standard InChI is InChI=1S/C10H11N3O2/c14-10(15)11-5-4-8-7-12-13-6-2-1-3-9(8)13/h1-3,6-7,11H,4-5H2,(H,14,15). The molecule has 5 heteroatoms. The summed E-state index contributed by atoms with van der Waals surface area (Å²) in [5.74, 6) is 0. The molecule has 1 amide bonds. The molecule has 2 heterocycles. The first-order valence-corrected chi connectivity index (χ1v) is 4.65. The summed E-state index contributed by atoms with van der Waals surface area (Å²) in [7, 11) is 0. The topological polar surface area (TPSA) is 66.6 Å². The van der Waals surface area contributed by atoms with Crippen LogP contribution in [0.3, 0.4) is 0 Å². The van der Waals surface area contributed by atoms with E-state index in [0.29, 0.717) is 13.0 Å². The normalized spacial score (nSPS) is 10.4. The van der Waals surface area contributed by atoms with E-state index in [0.717, 1.165) is 11.1 Å². The van der Waals surface area contributed by atoms with E-state index in [1.54, 1.807) is 10.7 Å². The smallest absolute Gasteiger partial charge is 0.404 e. The summed E-state index contributed by atoms with van der Waals surface area (Å²) >= 11 is 0. The Morgan fingerprint density at radius 3 is 3.20 bits per heavy atom. The van der Waals surface area contributed by atoms with Crippen LogP contribution in [0.4, 0.5) is 4.79 Å². The van der Waals surface area contributed by atoms with E-state index < -0.39 is 6.09 Å². The minimum absolute atomic E-state index is 0.408. The van der Waals surface area contributed by atoms with Gasteiger partial charge in [-0.05, 0) is 24.1 Å². The van der Waals surface area contributed by atoms with Gasteiger partial charge in [0.05, 0.1) is 11.7 Å². The lowest BCUT2D eigenvalue weighted by atomic mass is 10.2. The summed E-state index contributed by atoms with van der Waals surface area (Å²) in [5.41, 5.74) is 2.06.